The summed E-state index contributed by atoms with van der Waals surface area (Å²) in [6.45, 7) is 3.12. The van der Waals surface area contributed by atoms with Crippen LogP contribution in [0.3, 0.4) is 0 Å². The van der Waals surface area contributed by atoms with E-state index in [1.165, 1.54) is 38.2 Å². The maximum absolute atomic E-state index is 13.6. The molecule has 0 amide bonds. The van der Waals surface area contributed by atoms with E-state index in [0.29, 0.717) is 5.69 Å². The summed E-state index contributed by atoms with van der Waals surface area (Å²) in [6, 6.07) is 5.26. The van der Waals surface area contributed by atoms with Gasteiger partial charge in [0.1, 0.15) is 5.82 Å². The summed E-state index contributed by atoms with van der Waals surface area (Å²) in [7, 11) is 0. The average Bonchev–Trinajstić information content (AvgIpc) is 2.40. The first-order valence-electron chi connectivity index (χ1n) is 7.03. The van der Waals surface area contributed by atoms with Crippen molar-refractivity contribution in [2.45, 2.75) is 44.6 Å². The van der Waals surface area contributed by atoms with Crippen molar-refractivity contribution in [3.05, 3.63) is 24.0 Å². The van der Waals surface area contributed by atoms with Crippen molar-refractivity contribution in [1.82, 2.24) is 0 Å². The Morgan fingerprint density at radius 1 is 1.33 bits per heavy atom. The second-order valence-electron chi connectivity index (χ2n) is 5.77. The highest BCUT2D eigenvalue weighted by Gasteiger charge is 2.37. The molecule has 1 aromatic carbocycles. The number of para-hydroxylation sites is 1. The minimum absolute atomic E-state index is 0.145. The van der Waals surface area contributed by atoms with E-state index in [1.807, 2.05) is 6.07 Å². The maximum atomic E-state index is 13.6. The van der Waals surface area contributed by atoms with E-state index < -0.39 is 0 Å². The van der Waals surface area contributed by atoms with Gasteiger partial charge in [-0.1, -0.05) is 19.4 Å². The van der Waals surface area contributed by atoms with E-state index >= 15 is 0 Å². The summed E-state index contributed by atoms with van der Waals surface area (Å²) in [5.74, 6) is 0.725. The highest BCUT2D eigenvalue weighted by Crippen LogP contribution is 2.41. The Balaban J connectivity index is 1.79. The number of rotatable bonds is 1. The van der Waals surface area contributed by atoms with Gasteiger partial charge in [-0.2, -0.15) is 0 Å². The lowest BCUT2D eigenvalue weighted by atomic mass is 9.74. The van der Waals surface area contributed by atoms with Gasteiger partial charge in [-0.3, -0.25) is 0 Å². The highest BCUT2D eigenvalue weighted by atomic mass is 19.1. The van der Waals surface area contributed by atoms with Crippen molar-refractivity contribution >= 4 is 11.4 Å². The lowest BCUT2D eigenvalue weighted by Gasteiger charge is -2.45. The number of anilines is 2. The predicted molar refractivity (Wildman–Crippen MR) is 73.5 cm³/mol. The molecule has 1 saturated carbocycles. The van der Waals surface area contributed by atoms with Crippen LogP contribution in [0.2, 0.25) is 0 Å². The molecule has 0 radical (unpaired) electrons. The summed E-state index contributed by atoms with van der Waals surface area (Å²) in [4.78, 5) is 0. The summed E-state index contributed by atoms with van der Waals surface area (Å²) in [6.07, 6.45) is 6.24. The van der Waals surface area contributed by atoms with Gasteiger partial charge < -0.3 is 10.6 Å². The zero-order valence-corrected chi connectivity index (χ0v) is 10.9. The van der Waals surface area contributed by atoms with Gasteiger partial charge in [-0.15, -0.1) is 0 Å². The molecule has 0 bridgehead atoms. The summed E-state index contributed by atoms with van der Waals surface area (Å²) >= 11 is 0. The number of nitrogens with one attached hydrogen (secondary N) is 2. The second kappa shape index (κ2) is 4.45. The molecule has 1 fully saturated rings. The van der Waals surface area contributed by atoms with Crippen LogP contribution in [-0.2, 0) is 0 Å². The smallest absolute Gasteiger partial charge is 0.148 e. The van der Waals surface area contributed by atoms with Gasteiger partial charge in [0.15, 0.2) is 0 Å². The van der Waals surface area contributed by atoms with Crippen molar-refractivity contribution in [1.29, 1.82) is 0 Å². The van der Waals surface area contributed by atoms with Gasteiger partial charge in [0.25, 0.3) is 0 Å². The SMILES string of the molecule is CCC1CCC2(CC1)CNc1c(F)cccc1N2. The Labute approximate surface area is 108 Å². The Bertz CT molecular complexity index is 436. The van der Waals surface area contributed by atoms with Crippen LogP contribution in [0.4, 0.5) is 15.8 Å². The standard InChI is InChI=1S/C15H21FN2/c1-2-11-6-8-15(9-7-11)10-17-14-12(16)4-3-5-13(14)18-15/h3-5,11,17-18H,2,6-10H2,1H3. The molecule has 1 aliphatic heterocycles. The van der Waals surface area contributed by atoms with Crippen LogP contribution in [0.1, 0.15) is 39.0 Å². The van der Waals surface area contributed by atoms with E-state index in [1.54, 1.807) is 6.07 Å². The quantitative estimate of drug-likeness (QED) is 0.785. The Morgan fingerprint density at radius 2 is 2.11 bits per heavy atom. The first-order chi connectivity index (χ1) is 8.72. The lowest BCUT2D eigenvalue weighted by Crippen LogP contribution is -2.50. The molecule has 18 heavy (non-hydrogen) atoms. The second-order valence-corrected chi connectivity index (χ2v) is 5.77. The molecule has 1 spiro atoms. The van der Waals surface area contributed by atoms with Crippen molar-refractivity contribution in [2.24, 2.45) is 5.92 Å². The Morgan fingerprint density at radius 3 is 2.83 bits per heavy atom. The van der Waals surface area contributed by atoms with Crippen molar-refractivity contribution in [3.8, 4) is 0 Å². The molecule has 1 aromatic rings. The largest absolute Gasteiger partial charge is 0.379 e. The first kappa shape index (κ1) is 11.8. The molecule has 2 N–H and O–H groups in total. The van der Waals surface area contributed by atoms with Gasteiger partial charge in [0, 0.05) is 6.54 Å². The first-order valence-corrected chi connectivity index (χ1v) is 7.03. The molecule has 0 aromatic heterocycles. The van der Waals surface area contributed by atoms with E-state index in [0.717, 1.165) is 18.2 Å². The van der Waals surface area contributed by atoms with Crippen LogP contribution >= 0.6 is 0 Å². The number of halogens is 1. The molecule has 0 unspecified atom stereocenters. The van der Waals surface area contributed by atoms with E-state index in [9.17, 15) is 4.39 Å². The minimum atomic E-state index is -0.155. The fourth-order valence-corrected chi connectivity index (χ4v) is 3.34. The summed E-state index contributed by atoms with van der Waals surface area (Å²) < 4.78 is 13.6. The van der Waals surface area contributed by atoms with E-state index in [-0.39, 0.29) is 11.4 Å². The maximum Gasteiger partial charge on any atom is 0.148 e. The highest BCUT2D eigenvalue weighted by molar-refractivity contribution is 5.72. The van der Waals surface area contributed by atoms with Crippen LogP contribution in [0.15, 0.2) is 18.2 Å². The molecule has 0 saturated heterocycles. The number of benzene rings is 1. The van der Waals surface area contributed by atoms with Gasteiger partial charge in [-0.05, 0) is 43.7 Å². The number of hydrogen-bond donors (Lipinski definition) is 2. The minimum Gasteiger partial charge on any atom is -0.379 e. The molecular weight excluding hydrogens is 227 g/mol. The third kappa shape index (κ3) is 1.96. The zero-order valence-electron chi connectivity index (χ0n) is 10.9. The molecule has 3 rings (SSSR count). The average molecular weight is 248 g/mol. The van der Waals surface area contributed by atoms with Gasteiger partial charge >= 0.3 is 0 Å². The molecule has 98 valence electrons. The predicted octanol–water partition coefficient (Wildman–Crippen LogP) is 4.00. The third-order valence-electron chi connectivity index (χ3n) is 4.66. The normalized spacial score (nSPS) is 30.4. The molecule has 1 heterocycles. The van der Waals surface area contributed by atoms with Crippen LogP contribution in [0.5, 0.6) is 0 Å². The van der Waals surface area contributed by atoms with Crippen LogP contribution in [0, 0.1) is 11.7 Å². The van der Waals surface area contributed by atoms with Crippen molar-refractivity contribution < 1.29 is 4.39 Å². The molecule has 2 nitrogen and oxygen atoms in total. The Kier molecular flexibility index (Phi) is 2.92. The van der Waals surface area contributed by atoms with Crippen molar-refractivity contribution in [3.63, 3.8) is 0 Å². The summed E-state index contributed by atoms with van der Waals surface area (Å²) in [5, 5.41) is 6.88. The molecular formula is C15H21FN2. The Hall–Kier alpha value is -1.25. The number of hydrogen-bond acceptors (Lipinski definition) is 2. The van der Waals surface area contributed by atoms with Gasteiger partial charge in [0.2, 0.25) is 0 Å². The fraction of sp³-hybridized carbons (Fsp3) is 0.600. The van der Waals surface area contributed by atoms with E-state index in [4.69, 9.17) is 0 Å². The van der Waals surface area contributed by atoms with Crippen LogP contribution in [-0.4, -0.2) is 12.1 Å². The lowest BCUT2D eigenvalue weighted by molar-refractivity contribution is 0.255. The van der Waals surface area contributed by atoms with Crippen LogP contribution < -0.4 is 10.6 Å². The topological polar surface area (TPSA) is 24.1 Å². The molecule has 3 heteroatoms. The molecule has 0 atom stereocenters. The van der Waals surface area contributed by atoms with Crippen molar-refractivity contribution in [2.75, 3.05) is 17.2 Å². The van der Waals surface area contributed by atoms with Gasteiger partial charge in [0.05, 0.1) is 16.9 Å². The summed E-state index contributed by atoms with van der Waals surface area (Å²) in [5.41, 5.74) is 1.71. The monoisotopic (exact) mass is 248 g/mol. The van der Waals surface area contributed by atoms with E-state index in [2.05, 4.69) is 17.6 Å². The fourth-order valence-electron chi connectivity index (χ4n) is 3.34. The van der Waals surface area contributed by atoms with Gasteiger partial charge in [-0.25, -0.2) is 4.39 Å². The number of fused-ring (bicyclic) bond motifs is 1. The molecule has 1 aliphatic carbocycles. The third-order valence-corrected chi connectivity index (χ3v) is 4.66. The zero-order chi connectivity index (χ0) is 12.6. The van der Waals surface area contributed by atoms with Crippen LogP contribution in [0.25, 0.3) is 0 Å². The molecule has 2 aliphatic rings.